The molecule has 0 bridgehead atoms. The Morgan fingerprint density at radius 1 is 0.407 bits per heavy atom. The average molecular weight is 1550 g/mol. The van der Waals surface area contributed by atoms with E-state index < -0.39 is 53.5 Å². The van der Waals surface area contributed by atoms with Crippen LogP contribution in [-0.4, -0.2) is 153 Å². The van der Waals surface area contributed by atoms with Crippen LogP contribution in [-0.2, 0) is 62.0 Å². The predicted molar refractivity (Wildman–Crippen MR) is 436 cm³/mol. The van der Waals surface area contributed by atoms with Gasteiger partial charge in [0.1, 0.15) is 54.4 Å². The van der Waals surface area contributed by atoms with Crippen LogP contribution >= 0.6 is 0 Å². The van der Waals surface area contributed by atoms with Gasteiger partial charge in [-0.15, -0.1) is 0 Å². The van der Waals surface area contributed by atoms with E-state index in [9.17, 15) is 28.8 Å². The molecule has 27 nitrogen and oxygen atoms in total. The maximum atomic E-state index is 13.1. The Hall–Kier alpha value is -9.81. The van der Waals surface area contributed by atoms with Crippen LogP contribution in [0.5, 0.6) is 0 Å². The Labute approximate surface area is 659 Å². The summed E-state index contributed by atoms with van der Waals surface area (Å²) in [5, 5.41) is 15.5. The fraction of sp³-hybridized carbons (Fsp3) is 0.477. The van der Waals surface area contributed by atoms with Crippen LogP contribution in [0.1, 0.15) is 170 Å². The maximum absolute atomic E-state index is 13.1. The standard InChI is InChI=1S/2C29H38N4O5.C28H36N4O5/c1-17(2)36-16-24-25(37-18(3)4)19(5)28(38-24)33-15-23(26(30)32-29(33)35)27(34)31-14-13-21-11-8-10-20-9-6-7-12-22(20)21;1-17(2)36-16-24-25(37-18(3)4)19(5)28(38-24)33-15-23(26(30)32-29(33)35)27(34)31-13-12-20-10-11-21-8-6-7-9-22(21)14-20;1-16(2)35-15-23-24(36-17(3)4)18(5)27(37-23)32-14-22(25(29)31-28(32)34)26(33)30-13-19-10-11-20-8-6-7-9-21(20)12-19/h6-12,15,17-19,24-25,28H,13-14,16H2,1-5H3,(H,31,34)(H2,30,32,35);6-11,14-15,17-19,24-25,28H,12-13,16H2,1-5H3,(H,31,34)(H2,30,32,35);6-12,14,16-18,23-24,27H,13,15H2,1-5H3,(H,30,33)(H2,29,31,34)/t2*19-,24+,25?,28+;18-,23+,24?,27+/m000/s1. The summed E-state index contributed by atoms with van der Waals surface area (Å²) in [4.78, 5) is 89.6. The highest BCUT2D eigenvalue weighted by Crippen LogP contribution is 2.40. The molecule has 0 saturated carbocycles. The number of nitrogens with two attached hydrogens (primary N) is 3. The number of benzene rings is 6. The minimum Gasteiger partial charge on any atom is -0.383 e. The zero-order valence-electron chi connectivity index (χ0n) is 67.4. The highest BCUT2D eigenvalue weighted by atomic mass is 16.6. The van der Waals surface area contributed by atoms with Crippen molar-refractivity contribution >= 4 is 67.5 Å². The summed E-state index contributed by atoms with van der Waals surface area (Å²) in [6, 6.07) is 42.7. The van der Waals surface area contributed by atoms with Crippen molar-refractivity contribution in [3.8, 4) is 0 Å². The third-order valence-electron chi connectivity index (χ3n) is 19.9. The summed E-state index contributed by atoms with van der Waals surface area (Å²) < 4.78 is 58.6. The lowest BCUT2D eigenvalue weighted by atomic mass is 10.0. The number of nitrogens with zero attached hydrogens (tertiary/aromatic N) is 6. The molecule has 3 saturated heterocycles. The Morgan fingerprint density at radius 3 is 1.13 bits per heavy atom. The fourth-order valence-electron chi connectivity index (χ4n) is 14.3. The van der Waals surface area contributed by atoms with Gasteiger partial charge in [-0.1, -0.05) is 142 Å². The van der Waals surface area contributed by atoms with Crippen molar-refractivity contribution in [2.45, 2.75) is 215 Å². The SMILES string of the molecule is CC(C)OC[C@H]1O[C@@H](n2cc(C(=O)NCCc3ccc4ccccc4c3)c(N)nc2=O)[C@@H](C)C1OC(C)C.CC(C)OC[C@H]1O[C@@H](n2cc(C(=O)NCCc3cccc4ccccc34)c(N)nc2=O)[C@@H](C)C1OC(C)C.CC(C)OC[C@H]1O[C@@H](n2cc(C(=O)NCc3ccc4ccccc4c3)c(N)nc2=O)[C@@H](C)C1OC(C)C. The van der Waals surface area contributed by atoms with Crippen LogP contribution in [0.2, 0.25) is 0 Å². The second-order valence-corrected chi connectivity index (χ2v) is 30.8. The van der Waals surface area contributed by atoms with Gasteiger partial charge < -0.3 is 75.8 Å². The highest BCUT2D eigenvalue weighted by Gasteiger charge is 2.48. The molecule has 113 heavy (non-hydrogen) atoms. The molecule has 12 atom stereocenters. The minimum atomic E-state index is -0.683. The molecule has 27 heteroatoms. The second-order valence-electron chi connectivity index (χ2n) is 30.8. The molecule has 3 fully saturated rings. The van der Waals surface area contributed by atoms with E-state index in [2.05, 4.69) is 85.5 Å². The molecular formula is C86H112N12O15. The first-order valence-corrected chi connectivity index (χ1v) is 39.1. The number of nitrogen functional groups attached to an aromatic ring is 3. The van der Waals surface area contributed by atoms with E-state index in [4.69, 9.17) is 59.8 Å². The van der Waals surface area contributed by atoms with E-state index in [1.165, 1.54) is 37.7 Å². The molecule has 9 N–H and O–H groups in total. The van der Waals surface area contributed by atoms with Crippen LogP contribution in [0.4, 0.5) is 17.5 Å². The number of ether oxygens (including phenoxy) is 9. The van der Waals surface area contributed by atoms with E-state index in [0.717, 1.165) is 43.6 Å². The monoisotopic (exact) mass is 1550 g/mol. The molecule has 606 valence electrons. The number of fused-ring (bicyclic) bond motifs is 3. The Kier molecular flexibility index (Phi) is 29.8. The van der Waals surface area contributed by atoms with Crippen molar-refractivity contribution in [2.75, 3.05) is 50.1 Å². The first-order valence-electron chi connectivity index (χ1n) is 39.1. The molecule has 6 heterocycles. The van der Waals surface area contributed by atoms with Crippen LogP contribution in [0.3, 0.4) is 0 Å². The molecule has 3 aliphatic rings. The summed E-state index contributed by atoms with van der Waals surface area (Å²) in [6.45, 7) is 31.4. The zero-order valence-corrected chi connectivity index (χ0v) is 67.4. The molecule has 3 aliphatic heterocycles. The molecule has 6 aromatic carbocycles. The molecule has 3 unspecified atom stereocenters. The van der Waals surface area contributed by atoms with Crippen molar-refractivity contribution < 1.29 is 57.0 Å². The van der Waals surface area contributed by atoms with Crippen molar-refractivity contribution in [1.82, 2.24) is 44.6 Å². The molecule has 0 radical (unpaired) electrons. The highest BCUT2D eigenvalue weighted by molar-refractivity contribution is 5.99. The lowest BCUT2D eigenvalue weighted by Gasteiger charge is -2.24. The van der Waals surface area contributed by atoms with Crippen LogP contribution in [0, 0.1) is 17.8 Å². The third kappa shape index (κ3) is 22.2. The zero-order chi connectivity index (χ0) is 81.5. The summed E-state index contributed by atoms with van der Waals surface area (Å²) in [5.41, 5.74) is 19.8. The molecule has 0 aliphatic carbocycles. The Morgan fingerprint density at radius 2 is 0.743 bits per heavy atom. The van der Waals surface area contributed by atoms with Crippen LogP contribution in [0.15, 0.2) is 160 Å². The number of hydrogen-bond donors (Lipinski definition) is 6. The number of amides is 3. The largest absolute Gasteiger partial charge is 0.383 e. The number of hydrogen-bond acceptors (Lipinski definition) is 21. The number of anilines is 3. The van der Waals surface area contributed by atoms with E-state index >= 15 is 0 Å². The number of carbonyl (C=O) groups excluding carboxylic acids is 3. The smallest absolute Gasteiger partial charge is 0.351 e. The van der Waals surface area contributed by atoms with Gasteiger partial charge in [-0.25, -0.2) is 14.4 Å². The predicted octanol–water partition coefficient (Wildman–Crippen LogP) is 11.1. The summed E-state index contributed by atoms with van der Waals surface area (Å²) in [5.74, 6) is -2.16. The molecule has 0 spiro atoms. The maximum Gasteiger partial charge on any atom is 0.351 e. The molecular weight excluding hydrogens is 1440 g/mol. The first kappa shape index (κ1) is 85.6. The van der Waals surface area contributed by atoms with Crippen molar-refractivity contribution in [1.29, 1.82) is 0 Å². The number of rotatable bonds is 29. The number of nitrogens with one attached hydrogen (secondary N) is 3. The van der Waals surface area contributed by atoms with Crippen LogP contribution < -0.4 is 50.2 Å². The van der Waals surface area contributed by atoms with Crippen molar-refractivity contribution in [3.63, 3.8) is 0 Å². The lowest BCUT2D eigenvalue weighted by Crippen LogP contribution is -2.36. The van der Waals surface area contributed by atoms with Gasteiger partial charge in [0.2, 0.25) is 0 Å². The van der Waals surface area contributed by atoms with Gasteiger partial charge in [0.25, 0.3) is 17.7 Å². The fourth-order valence-corrected chi connectivity index (χ4v) is 14.3. The van der Waals surface area contributed by atoms with Gasteiger partial charge >= 0.3 is 17.1 Å². The van der Waals surface area contributed by atoms with E-state index in [0.29, 0.717) is 52.3 Å². The molecule has 3 aromatic heterocycles. The van der Waals surface area contributed by atoms with Crippen molar-refractivity contribution in [2.24, 2.45) is 17.8 Å². The summed E-state index contributed by atoms with van der Waals surface area (Å²) in [7, 11) is 0. The van der Waals surface area contributed by atoms with Gasteiger partial charge in [0, 0.05) is 56.0 Å². The van der Waals surface area contributed by atoms with Gasteiger partial charge in [-0.2, -0.15) is 15.0 Å². The average Bonchev–Trinajstić information content (AvgIpc) is 1.66. The normalized spacial score (nSPS) is 21.5. The Bertz CT molecular complexity index is 4900. The van der Waals surface area contributed by atoms with E-state index in [-0.39, 0.29) is 125 Å². The lowest BCUT2D eigenvalue weighted by molar-refractivity contribution is -0.0966. The van der Waals surface area contributed by atoms with Gasteiger partial charge in [0.15, 0.2) is 0 Å². The molecule has 12 rings (SSSR count). The van der Waals surface area contributed by atoms with Crippen molar-refractivity contribution in [3.05, 3.63) is 211 Å². The summed E-state index contributed by atoms with van der Waals surface area (Å²) >= 11 is 0. The molecule has 3 amide bonds. The van der Waals surface area contributed by atoms with Gasteiger partial charge in [-0.05, 0) is 151 Å². The first-order chi connectivity index (χ1) is 53.9. The van der Waals surface area contributed by atoms with Gasteiger partial charge in [-0.3, -0.25) is 28.1 Å². The topological polar surface area (TPSA) is 353 Å². The third-order valence-corrected chi connectivity index (χ3v) is 19.9. The van der Waals surface area contributed by atoms with Crippen LogP contribution in [0.25, 0.3) is 32.3 Å². The Balaban J connectivity index is 0.000000180. The summed E-state index contributed by atoms with van der Waals surface area (Å²) in [6.07, 6.45) is 1.56. The second kappa shape index (κ2) is 39.3. The van der Waals surface area contributed by atoms with E-state index in [1.54, 1.807) is 0 Å². The van der Waals surface area contributed by atoms with E-state index in [1.807, 2.05) is 177 Å². The quantitative estimate of drug-likeness (QED) is 0.0254. The number of aromatic nitrogens is 6. The minimum absolute atomic E-state index is 0.0245. The molecule has 9 aromatic rings. The van der Waals surface area contributed by atoms with Gasteiger partial charge in [0.05, 0.1) is 91.4 Å². The number of carbonyl (C=O) groups is 3.